The summed E-state index contributed by atoms with van der Waals surface area (Å²) in [5.41, 5.74) is -0.215. The van der Waals surface area contributed by atoms with Crippen LogP contribution >= 0.6 is 11.3 Å². The van der Waals surface area contributed by atoms with Crippen LogP contribution in [0.5, 0.6) is 0 Å². The normalized spacial score (nSPS) is 10.3. The van der Waals surface area contributed by atoms with Gasteiger partial charge in [-0.25, -0.2) is 4.98 Å². The molecule has 98 valence electrons. The fourth-order valence-corrected chi connectivity index (χ4v) is 2.34. The Morgan fingerprint density at radius 1 is 1.63 bits per heavy atom. The van der Waals surface area contributed by atoms with Gasteiger partial charge in [-0.1, -0.05) is 0 Å². The molecule has 0 fully saturated rings. The summed E-state index contributed by atoms with van der Waals surface area (Å²) in [6.07, 6.45) is 1.66. The maximum Gasteiger partial charge on any atom is 0.262 e. The standard InChI is InChI=1S/C12H12N4O2S/c1-15(5-2-4-13)10(17)7-16-8-14-11-9(12(16)18)3-6-19-11/h3,6,8H,2,5,7H2,1H3. The highest BCUT2D eigenvalue weighted by Gasteiger charge is 2.12. The number of aromatic nitrogens is 2. The van der Waals surface area contributed by atoms with Gasteiger partial charge >= 0.3 is 0 Å². The molecule has 0 N–H and O–H groups in total. The van der Waals surface area contributed by atoms with Crippen LogP contribution in [0.1, 0.15) is 6.42 Å². The highest BCUT2D eigenvalue weighted by atomic mass is 32.1. The van der Waals surface area contributed by atoms with Crippen molar-refractivity contribution in [1.29, 1.82) is 5.26 Å². The third-order valence-electron chi connectivity index (χ3n) is 2.74. The number of thiophene rings is 1. The first-order valence-corrected chi connectivity index (χ1v) is 6.55. The van der Waals surface area contributed by atoms with E-state index in [1.54, 1.807) is 18.5 Å². The van der Waals surface area contributed by atoms with Crippen molar-refractivity contribution in [1.82, 2.24) is 14.5 Å². The number of amides is 1. The van der Waals surface area contributed by atoms with Crippen LogP contribution in [0.2, 0.25) is 0 Å². The van der Waals surface area contributed by atoms with Gasteiger partial charge in [-0.05, 0) is 11.4 Å². The van der Waals surface area contributed by atoms with Gasteiger partial charge in [-0.2, -0.15) is 5.26 Å². The highest BCUT2D eigenvalue weighted by Crippen LogP contribution is 2.13. The molecule has 1 amide bonds. The van der Waals surface area contributed by atoms with Gasteiger partial charge in [0.2, 0.25) is 5.91 Å². The van der Waals surface area contributed by atoms with Gasteiger partial charge < -0.3 is 4.90 Å². The van der Waals surface area contributed by atoms with Gasteiger partial charge in [0.15, 0.2) is 0 Å². The molecule has 0 saturated carbocycles. The third kappa shape index (κ3) is 2.80. The molecule has 0 aliphatic rings. The number of rotatable bonds is 4. The maximum absolute atomic E-state index is 12.1. The van der Waals surface area contributed by atoms with Crippen molar-refractivity contribution in [3.05, 3.63) is 28.1 Å². The molecule has 2 aromatic rings. The summed E-state index contributed by atoms with van der Waals surface area (Å²) in [6.45, 7) is 0.303. The summed E-state index contributed by atoms with van der Waals surface area (Å²) in [7, 11) is 1.61. The Kier molecular flexibility index (Phi) is 3.92. The minimum atomic E-state index is -0.215. The van der Waals surface area contributed by atoms with Gasteiger partial charge in [0.05, 0.1) is 24.2 Å². The second-order valence-corrected chi connectivity index (χ2v) is 4.94. The topological polar surface area (TPSA) is 79.0 Å². The van der Waals surface area contributed by atoms with E-state index < -0.39 is 0 Å². The molecular formula is C12H12N4O2S. The molecule has 2 heterocycles. The first kappa shape index (κ1) is 13.2. The molecular weight excluding hydrogens is 264 g/mol. The minimum Gasteiger partial charge on any atom is -0.343 e. The Bertz CT molecular complexity index is 698. The molecule has 0 atom stereocenters. The highest BCUT2D eigenvalue weighted by molar-refractivity contribution is 7.16. The smallest absolute Gasteiger partial charge is 0.262 e. The quantitative estimate of drug-likeness (QED) is 0.828. The Morgan fingerprint density at radius 2 is 2.42 bits per heavy atom. The number of carbonyl (C=O) groups is 1. The molecule has 0 aromatic carbocycles. The van der Waals surface area contributed by atoms with E-state index in [0.717, 1.165) is 0 Å². The van der Waals surface area contributed by atoms with Crippen molar-refractivity contribution in [2.45, 2.75) is 13.0 Å². The van der Waals surface area contributed by atoms with Crippen LogP contribution < -0.4 is 5.56 Å². The fraction of sp³-hybridized carbons (Fsp3) is 0.333. The van der Waals surface area contributed by atoms with Crippen LogP contribution in [0.25, 0.3) is 10.2 Å². The zero-order valence-corrected chi connectivity index (χ0v) is 11.2. The maximum atomic E-state index is 12.1. The number of hydrogen-bond acceptors (Lipinski definition) is 5. The van der Waals surface area contributed by atoms with Gasteiger partial charge in [-0.3, -0.25) is 14.2 Å². The average Bonchev–Trinajstić information content (AvgIpc) is 2.88. The molecule has 0 saturated heterocycles. The zero-order chi connectivity index (χ0) is 13.8. The lowest BCUT2D eigenvalue weighted by molar-refractivity contribution is -0.130. The zero-order valence-electron chi connectivity index (χ0n) is 10.4. The summed E-state index contributed by atoms with van der Waals surface area (Å²) in [6, 6.07) is 3.68. The first-order valence-electron chi connectivity index (χ1n) is 5.67. The number of nitriles is 1. The van der Waals surface area contributed by atoms with Crippen molar-refractivity contribution < 1.29 is 4.79 Å². The van der Waals surface area contributed by atoms with Crippen LogP contribution in [0.15, 0.2) is 22.6 Å². The predicted octanol–water partition coefficient (Wildman–Crippen LogP) is 0.830. The van der Waals surface area contributed by atoms with E-state index in [4.69, 9.17) is 5.26 Å². The van der Waals surface area contributed by atoms with Crippen LogP contribution in [0.3, 0.4) is 0 Å². The molecule has 0 bridgehead atoms. The Hall–Kier alpha value is -2.20. The summed E-state index contributed by atoms with van der Waals surface area (Å²) in [5, 5.41) is 10.8. The second kappa shape index (κ2) is 5.63. The van der Waals surface area contributed by atoms with Gasteiger partial charge in [0.25, 0.3) is 5.56 Å². The molecule has 0 radical (unpaired) electrons. The monoisotopic (exact) mass is 276 g/mol. The van der Waals surface area contributed by atoms with E-state index in [1.807, 2.05) is 6.07 Å². The lowest BCUT2D eigenvalue weighted by atomic mass is 10.4. The summed E-state index contributed by atoms with van der Waals surface area (Å²) >= 11 is 1.39. The van der Waals surface area contributed by atoms with Crippen molar-refractivity contribution in [2.24, 2.45) is 0 Å². The molecule has 19 heavy (non-hydrogen) atoms. The molecule has 6 nitrogen and oxygen atoms in total. The molecule has 7 heteroatoms. The molecule has 2 aromatic heterocycles. The van der Waals surface area contributed by atoms with Crippen LogP contribution in [0.4, 0.5) is 0 Å². The first-order chi connectivity index (χ1) is 9.13. The van der Waals surface area contributed by atoms with Gasteiger partial charge in [0, 0.05) is 13.6 Å². The largest absolute Gasteiger partial charge is 0.343 e. The van der Waals surface area contributed by atoms with Gasteiger partial charge in [0.1, 0.15) is 11.4 Å². The predicted molar refractivity (Wildman–Crippen MR) is 71.7 cm³/mol. The molecule has 0 spiro atoms. The third-order valence-corrected chi connectivity index (χ3v) is 3.56. The number of nitrogens with zero attached hydrogens (tertiary/aromatic N) is 4. The van der Waals surface area contributed by atoms with Crippen LogP contribution in [-0.2, 0) is 11.3 Å². The van der Waals surface area contributed by atoms with Crippen molar-refractivity contribution in [2.75, 3.05) is 13.6 Å². The average molecular weight is 276 g/mol. The van der Waals surface area contributed by atoms with E-state index in [9.17, 15) is 9.59 Å². The SMILES string of the molecule is CN(CCC#N)C(=O)Cn1cnc2sccc2c1=O. The minimum absolute atomic E-state index is 0.0560. The van der Waals surface area contributed by atoms with Crippen molar-refractivity contribution in [3.63, 3.8) is 0 Å². The fourth-order valence-electron chi connectivity index (χ4n) is 1.61. The molecule has 0 aliphatic heterocycles. The number of hydrogen-bond donors (Lipinski definition) is 0. The Labute approximate surface area is 113 Å². The van der Waals surface area contributed by atoms with E-state index in [0.29, 0.717) is 16.8 Å². The van der Waals surface area contributed by atoms with Gasteiger partial charge in [-0.15, -0.1) is 11.3 Å². The molecule has 0 unspecified atom stereocenters. The summed E-state index contributed by atoms with van der Waals surface area (Å²) in [5.74, 6) is -0.214. The Morgan fingerprint density at radius 3 is 3.16 bits per heavy atom. The van der Waals surface area contributed by atoms with E-state index in [-0.39, 0.29) is 24.4 Å². The lowest BCUT2D eigenvalue weighted by Crippen LogP contribution is -2.34. The van der Waals surface area contributed by atoms with E-state index in [1.165, 1.54) is 27.1 Å². The summed E-state index contributed by atoms with van der Waals surface area (Å²) < 4.78 is 1.29. The van der Waals surface area contributed by atoms with Crippen LogP contribution in [0, 0.1) is 11.3 Å². The number of likely N-dealkylation sites (N-methyl/N-ethyl adjacent to an activating group) is 1. The van der Waals surface area contributed by atoms with E-state index >= 15 is 0 Å². The lowest BCUT2D eigenvalue weighted by Gasteiger charge is -2.15. The number of carbonyl (C=O) groups excluding carboxylic acids is 1. The molecule has 0 aliphatic carbocycles. The van der Waals surface area contributed by atoms with Crippen molar-refractivity contribution in [3.8, 4) is 6.07 Å². The molecule has 2 rings (SSSR count). The van der Waals surface area contributed by atoms with E-state index in [2.05, 4.69) is 4.98 Å². The van der Waals surface area contributed by atoms with Crippen molar-refractivity contribution >= 4 is 27.5 Å². The second-order valence-electron chi connectivity index (χ2n) is 4.04. The Balaban J connectivity index is 2.17. The van der Waals surface area contributed by atoms with Crippen LogP contribution in [-0.4, -0.2) is 34.0 Å². The summed E-state index contributed by atoms with van der Waals surface area (Å²) in [4.78, 5) is 30.2. The number of fused-ring (bicyclic) bond motifs is 1.